The summed E-state index contributed by atoms with van der Waals surface area (Å²) >= 11 is 3.19. The van der Waals surface area contributed by atoms with Crippen LogP contribution in [-0.2, 0) is 4.74 Å². The highest BCUT2D eigenvalue weighted by Crippen LogP contribution is 2.24. The number of hydrogen-bond acceptors (Lipinski definition) is 3. The molecular weight excluding hydrogens is 287 g/mol. The predicted molar refractivity (Wildman–Crippen MR) is 72.0 cm³/mol. The Balaban J connectivity index is 2.55. The van der Waals surface area contributed by atoms with E-state index in [1.165, 1.54) is 6.08 Å². The predicted octanol–water partition coefficient (Wildman–Crippen LogP) is 3.24. The normalized spacial score (nSPS) is 18.8. The number of ether oxygens (including phenoxy) is 1. The number of hydrogen-bond donors (Lipinski definition) is 0. The van der Waals surface area contributed by atoms with Crippen molar-refractivity contribution in [1.82, 2.24) is 4.90 Å². The van der Waals surface area contributed by atoms with E-state index in [4.69, 9.17) is 4.74 Å². The number of likely N-dealkylation sites (tertiary alicyclic amines) is 1. The highest BCUT2D eigenvalue weighted by Gasteiger charge is 2.30. The van der Waals surface area contributed by atoms with E-state index in [2.05, 4.69) is 34.6 Å². The van der Waals surface area contributed by atoms with Crippen LogP contribution in [0.1, 0.15) is 20.3 Å². The van der Waals surface area contributed by atoms with Gasteiger partial charge in [-0.2, -0.15) is 0 Å². The lowest BCUT2D eigenvalue weighted by Crippen LogP contribution is -2.51. The maximum absolute atomic E-state index is 13.7. The standard InChI is InChI=1S/C12H18BrFN2O/c1-4-5-17-10-7-16(8-10)12(15-3)11(14)6-9(2)13/h6,10H,3-5,7-8H2,1-2H3/b9-6+,12-11-. The van der Waals surface area contributed by atoms with Crippen molar-refractivity contribution >= 4 is 22.6 Å². The number of halogens is 2. The minimum Gasteiger partial charge on any atom is -0.375 e. The Kier molecular flexibility index (Phi) is 5.85. The van der Waals surface area contributed by atoms with Gasteiger partial charge in [-0.25, -0.2) is 9.38 Å². The van der Waals surface area contributed by atoms with Crippen molar-refractivity contribution in [2.45, 2.75) is 26.4 Å². The zero-order valence-corrected chi connectivity index (χ0v) is 11.8. The van der Waals surface area contributed by atoms with Crippen LogP contribution in [0, 0.1) is 0 Å². The van der Waals surface area contributed by atoms with Crippen molar-refractivity contribution in [2.75, 3.05) is 19.7 Å². The molecule has 1 aliphatic rings. The Hall–Kier alpha value is -0.680. The maximum Gasteiger partial charge on any atom is 0.166 e. The fourth-order valence-electron chi connectivity index (χ4n) is 1.57. The Morgan fingerprint density at radius 2 is 2.29 bits per heavy atom. The maximum atomic E-state index is 13.7. The van der Waals surface area contributed by atoms with Gasteiger partial charge in [0.05, 0.1) is 6.10 Å². The zero-order valence-electron chi connectivity index (χ0n) is 10.2. The van der Waals surface area contributed by atoms with Gasteiger partial charge in [-0.1, -0.05) is 22.9 Å². The number of rotatable bonds is 6. The van der Waals surface area contributed by atoms with E-state index in [-0.39, 0.29) is 11.9 Å². The fourth-order valence-corrected chi connectivity index (χ4v) is 1.77. The molecule has 0 unspecified atom stereocenters. The molecule has 3 nitrogen and oxygen atoms in total. The third kappa shape index (κ3) is 4.24. The van der Waals surface area contributed by atoms with Crippen LogP contribution >= 0.6 is 15.9 Å². The van der Waals surface area contributed by atoms with Crippen LogP contribution in [0.3, 0.4) is 0 Å². The molecule has 0 amide bonds. The number of nitrogens with zero attached hydrogens (tertiary/aromatic N) is 2. The fraction of sp³-hybridized carbons (Fsp3) is 0.583. The Labute approximate surface area is 110 Å². The minimum atomic E-state index is -0.372. The minimum absolute atomic E-state index is 0.188. The molecule has 0 N–H and O–H groups in total. The molecule has 96 valence electrons. The molecule has 5 heteroatoms. The Bertz CT molecular complexity index is 331. The summed E-state index contributed by atoms with van der Waals surface area (Å²) in [6, 6.07) is 0. The number of aliphatic imine (C=N–C) groups is 1. The summed E-state index contributed by atoms with van der Waals surface area (Å²) in [6.07, 6.45) is 2.58. The highest BCUT2D eigenvalue weighted by molar-refractivity contribution is 9.11. The molecule has 1 aliphatic heterocycles. The van der Waals surface area contributed by atoms with E-state index < -0.39 is 0 Å². The van der Waals surface area contributed by atoms with Crippen molar-refractivity contribution in [3.05, 3.63) is 22.2 Å². The molecule has 1 fully saturated rings. The van der Waals surface area contributed by atoms with Crippen LogP contribution in [0.2, 0.25) is 0 Å². The summed E-state index contributed by atoms with van der Waals surface area (Å²) < 4.78 is 20.0. The molecule has 0 bridgehead atoms. The molecule has 0 aromatic rings. The summed E-state index contributed by atoms with van der Waals surface area (Å²) in [4.78, 5) is 5.57. The smallest absolute Gasteiger partial charge is 0.166 e. The first-order chi connectivity index (χ1) is 8.08. The first-order valence-electron chi connectivity index (χ1n) is 5.65. The second-order valence-electron chi connectivity index (χ2n) is 3.96. The van der Waals surface area contributed by atoms with Crippen LogP contribution < -0.4 is 0 Å². The third-order valence-electron chi connectivity index (χ3n) is 2.39. The lowest BCUT2D eigenvalue weighted by Gasteiger charge is -2.40. The van der Waals surface area contributed by atoms with Crippen molar-refractivity contribution < 1.29 is 9.13 Å². The zero-order chi connectivity index (χ0) is 12.8. The van der Waals surface area contributed by atoms with Crippen molar-refractivity contribution in [3.8, 4) is 0 Å². The molecule has 1 rings (SSSR count). The van der Waals surface area contributed by atoms with Crippen molar-refractivity contribution in [1.29, 1.82) is 0 Å². The summed E-state index contributed by atoms with van der Waals surface area (Å²) in [5, 5.41) is 0. The van der Waals surface area contributed by atoms with E-state index in [9.17, 15) is 4.39 Å². The molecule has 0 atom stereocenters. The van der Waals surface area contributed by atoms with E-state index in [1.54, 1.807) is 6.92 Å². The molecule has 17 heavy (non-hydrogen) atoms. The first-order valence-corrected chi connectivity index (χ1v) is 6.44. The summed E-state index contributed by atoms with van der Waals surface area (Å²) in [5.74, 6) is -0.0801. The van der Waals surface area contributed by atoms with Crippen molar-refractivity contribution in [2.24, 2.45) is 4.99 Å². The largest absolute Gasteiger partial charge is 0.375 e. The van der Waals surface area contributed by atoms with Gasteiger partial charge in [0.1, 0.15) is 0 Å². The topological polar surface area (TPSA) is 24.8 Å². The monoisotopic (exact) mass is 304 g/mol. The molecular formula is C12H18BrFN2O. The quantitative estimate of drug-likeness (QED) is 0.556. The van der Waals surface area contributed by atoms with Gasteiger partial charge >= 0.3 is 0 Å². The van der Waals surface area contributed by atoms with Gasteiger partial charge in [0.25, 0.3) is 0 Å². The number of allylic oxidation sites excluding steroid dienone is 3. The molecule has 0 aliphatic carbocycles. The highest BCUT2D eigenvalue weighted by atomic mass is 79.9. The lowest BCUT2D eigenvalue weighted by molar-refractivity contribution is -0.0404. The van der Waals surface area contributed by atoms with Crippen LogP contribution in [0.15, 0.2) is 27.2 Å². The van der Waals surface area contributed by atoms with E-state index >= 15 is 0 Å². The molecule has 1 heterocycles. The second kappa shape index (κ2) is 6.91. The average molecular weight is 305 g/mol. The third-order valence-corrected chi connectivity index (χ3v) is 2.62. The summed E-state index contributed by atoms with van der Waals surface area (Å²) in [7, 11) is 0. The Morgan fingerprint density at radius 3 is 2.76 bits per heavy atom. The van der Waals surface area contributed by atoms with Crippen molar-refractivity contribution in [3.63, 3.8) is 0 Å². The van der Waals surface area contributed by atoms with Gasteiger partial charge in [0.2, 0.25) is 0 Å². The molecule has 0 saturated carbocycles. The van der Waals surface area contributed by atoms with E-state index in [0.717, 1.165) is 17.5 Å². The van der Waals surface area contributed by atoms with Crippen LogP contribution in [-0.4, -0.2) is 37.4 Å². The Morgan fingerprint density at radius 1 is 1.65 bits per heavy atom. The van der Waals surface area contributed by atoms with Gasteiger partial charge in [-0.05, 0) is 30.6 Å². The SMILES string of the molecule is C=N/C(=C(F)\C=C(/C)Br)N1CC(OCCC)C1. The van der Waals surface area contributed by atoms with Crippen LogP contribution in [0.5, 0.6) is 0 Å². The van der Waals surface area contributed by atoms with Crippen LogP contribution in [0.4, 0.5) is 4.39 Å². The lowest BCUT2D eigenvalue weighted by atomic mass is 10.1. The average Bonchev–Trinajstić information content (AvgIpc) is 2.20. The van der Waals surface area contributed by atoms with Gasteiger partial charge in [-0.3, -0.25) is 0 Å². The van der Waals surface area contributed by atoms with Gasteiger partial charge < -0.3 is 9.64 Å². The van der Waals surface area contributed by atoms with Crippen LogP contribution in [0.25, 0.3) is 0 Å². The molecule has 0 radical (unpaired) electrons. The molecule has 0 aromatic carbocycles. The van der Waals surface area contributed by atoms with Gasteiger partial charge in [0.15, 0.2) is 11.6 Å². The van der Waals surface area contributed by atoms with E-state index in [1.807, 2.05) is 4.90 Å². The molecule has 0 spiro atoms. The second-order valence-corrected chi connectivity index (χ2v) is 5.21. The van der Waals surface area contributed by atoms with Gasteiger partial charge in [-0.15, -0.1) is 0 Å². The van der Waals surface area contributed by atoms with Gasteiger partial charge in [0, 0.05) is 19.7 Å². The molecule has 0 aromatic heterocycles. The van der Waals surface area contributed by atoms with E-state index in [0.29, 0.717) is 18.9 Å². The molecule has 1 saturated heterocycles. The first kappa shape index (κ1) is 14.4. The summed E-state index contributed by atoms with van der Waals surface area (Å²) in [6.45, 7) is 9.34. The summed E-state index contributed by atoms with van der Waals surface area (Å²) in [5.41, 5.74) is 0.